The lowest BCUT2D eigenvalue weighted by Crippen LogP contribution is -2.09. The average molecular weight is 280 g/mol. The molecule has 0 radical (unpaired) electrons. The molecule has 0 amide bonds. The second kappa shape index (κ2) is 5.23. The molecule has 1 aromatic heterocycles. The molecule has 100 valence electrons. The van der Waals surface area contributed by atoms with E-state index in [1.54, 1.807) is 25.4 Å². The molecule has 2 rings (SSSR count). The van der Waals surface area contributed by atoms with Crippen LogP contribution in [-0.2, 0) is 16.5 Å². The van der Waals surface area contributed by atoms with Gasteiger partial charge in [0.15, 0.2) is 0 Å². The van der Waals surface area contributed by atoms with Crippen LogP contribution in [0.15, 0.2) is 30.6 Å². The number of rotatable bonds is 4. The van der Waals surface area contributed by atoms with Gasteiger partial charge in [0.1, 0.15) is 10.7 Å². The lowest BCUT2D eigenvalue weighted by atomic mass is 10.0. The SMILES string of the molecule is Cc1c(C(=O)O)ccc(C[SH](=O)=O)c1-n1cccn1. The lowest BCUT2D eigenvalue weighted by molar-refractivity contribution is 0.0696. The summed E-state index contributed by atoms with van der Waals surface area (Å²) in [5.74, 6) is -1.20. The maximum atomic E-state index is 11.1. The number of aromatic carboxylic acids is 1. The van der Waals surface area contributed by atoms with Crippen LogP contribution in [0.1, 0.15) is 21.5 Å². The molecule has 6 nitrogen and oxygen atoms in total. The predicted molar refractivity (Wildman–Crippen MR) is 69.3 cm³/mol. The second-order valence-corrected chi connectivity index (χ2v) is 4.97. The van der Waals surface area contributed by atoms with Gasteiger partial charge in [0.25, 0.3) is 0 Å². The first-order chi connectivity index (χ1) is 9.00. The van der Waals surface area contributed by atoms with Crippen LogP contribution in [0.5, 0.6) is 0 Å². The van der Waals surface area contributed by atoms with Crippen molar-refractivity contribution in [3.63, 3.8) is 0 Å². The highest BCUT2D eigenvalue weighted by atomic mass is 32.2. The average Bonchev–Trinajstić information content (AvgIpc) is 2.81. The summed E-state index contributed by atoms with van der Waals surface area (Å²) in [6.45, 7) is 1.64. The van der Waals surface area contributed by atoms with Crippen molar-refractivity contribution in [3.8, 4) is 5.69 Å². The number of carboxylic acid groups (broad SMARTS) is 1. The lowest BCUT2D eigenvalue weighted by Gasteiger charge is -2.13. The third-order valence-corrected chi connectivity index (χ3v) is 3.38. The zero-order valence-corrected chi connectivity index (χ0v) is 11.0. The molecule has 1 heterocycles. The third kappa shape index (κ3) is 2.65. The van der Waals surface area contributed by atoms with Gasteiger partial charge in [-0.15, -0.1) is 0 Å². The molecule has 0 bridgehead atoms. The normalized spacial score (nSPS) is 10.8. The van der Waals surface area contributed by atoms with Gasteiger partial charge in [0, 0.05) is 12.4 Å². The van der Waals surface area contributed by atoms with Gasteiger partial charge < -0.3 is 5.11 Å². The van der Waals surface area contributed by atoms with Crippen LogP contribution in [-0.4, -0.2) is 29.3 Å². The Morgan fingerprint density at radius 3 is 2.68 bits per heavy atom. The summed E-state index contributed by atoms with van der Waals surface area (Å²) in [7, 11) is -2.59. The Morgan fingerprint density at radius 1 is 1.42 bits per heavy atom. The standard InChI is InChI=1S/C12H12N2O4S/c1-8-10(12(15)16)4-3-9(7-19(17)18)11(8)14-6-2-5-13-14/h2-6,19H,7H2,1H3,(H,15,16). The molecule has 7 heteroatoms. The van der Waals surface area contributed by atoms with Gasteiger partial charge in [-0.25, -0.2) is 17.9 Å². The van der Waals surface area contributed by atoms with Crippen molar-refractivity contribution in [3.05, 3.63) is 47.3 Å². The second-order valence-electron chi connectivity index (χ2n) is 3.99. The monoisotopic (exact) mass is 280 g/mol. The highest BCUT2D eigenvalue weighted by Crippen LogP contribution is 2.23. The predicted octanol–water partition coefficient (Wildman–Crippen LogP) is 0.990. The molecule has 0 aliphatic heterocycles. The Morgan fingerprint density at radius 2 is 2.16 bits per heavy atom. The van der Waals surface area contributed by atoms with Crippen LogP contribution < -0.4 is 0 Å². The van der Waals surface area contributed by atoms with Crippen molar-refractivity contribution < 1.29 is 18.3 Å². The Hall–Kier alpha value is -2.15. The summed E-state index contributed by atoms with van der Waals surface area (Å²) in [5.41, 5.74) is 1.66. The van der Waals surface area contributed by atoms with Crippen LogP contribution in [0, 0.1) is 6.92 Å². The van der Waals surface area contributed by atoms with Gasteiger partial charge in [-0.2, -0.15) is 5.10 Å². The maximum Gasteiger partial charge on any atom is 0.336 e. The Kier molecular flexibility index (Phi) is 3.66. The fourth-order valence-electron chi connectivity index (χ4n) is 1.97. The number of hydrogen-bond donors (Lipinski definition) is 2. The summed E-state index contributed by atoms with van der Waals surface area (Å²) in [4.78, 5) is 11.1. The number of aromatic nitrogens is 2. The summed E-state index contributed by atoms with van der Waals surface area (Å²) < 4.78 is 23.3. The van der Waals surface area contributed by atoms with Crippen LogP contribution in [0.2, 0.25) is 0 Å². The zero-order valence-electron chi connectivity index (χ0n) is 10.1. The van der Waals surface area contributed by atoms with Crippen LogP contribution in [0.25, 0.3) is 5.69 Å². The van der Waals surface area contributed by atoms with E-state index in [0.29, 0.717) is 16.8 Å². The van der Waals surface area contributed by atoms with Crippen molar-refractivity contribution in [1.29, 1.82) is 0 Å². The molecule has 0 spiro atoms. The number of nitrogens with zero attached hydrogens (tertiary/aromatic N) is 2. The molecule has 0 saturated carbocycles. The van der Waals surface area contributed by atoms with Gasteiger partial charge in [0.2, 0.25) is 0 Å². The molecule has 0 saturated heterocycles. The van der Waals surface area contributed by atoms with Crippen molar-refractivity contribution >= 4 is 16.7 Å². The summed E-state index contributed by atoms with van der Waals surface area (Å²) in [6, 6.07) is 4.62. The van der Waals surface area contributed by atoms with Crippen molar-refractivity contribution in [1.82, 2.24) is 9.78 Å². The minimum atomic E-state index is -2.59. The first-order valence-electron chi connectivity index (χ1n) is 5.48. The minimum absolute atomic E-state index is 0.135. The Bertz CT molecular complexity index is 682. The molecular weight excluding hydrogens is 268 g/mol. The van der Waals surface area contributed by atoms with E-state index >= 15 is 0 Å². The molecule has 0 unspecified atom stereocenters. The fraction of sp³-hybridized carbons (Fsp3) is 0.167. The van der Waals surface area contributed by atoms with Crippen LogP contribution in [0.3, 0.4) is 0 Å². The summed E-state index contributed by atoms with van der Waals surface area (Å²) >= 11 is 0. The Balaban J connectivity index is 2.70. The quantitative estimate of drug-likeness (QED) is 0.815. The summed E-state index contributed by atoms with van der Waals surface area (Å²) in [6.07, 6.45) is 3.20. The van der Waals surface area contributed by atoms with Crippen molar-refractivity contribution in [2.75, 3.05) is 0 Å². The number of benzene rings is 1. The zero-order chi connectivity index (χ0) is 14.0. The van der Waals surface area contributed by atoms with Crippen LogP contribution >= 0.6 is 0 Å². The summed E-state index contributed by atoms with van der Waals surface area (Å²) in [5, 5.41) is 13.2. The van der Waals surface area contributed by atoms with Gasteiger partial charge in [0.05, 0.1) is 17.0 Å². The highest BCUT2D eigenvalue weighted by molar-refractivity contribution is 7.71. The topological polar surface area (TPSA) is 89.3 Å². The molecule has 0 aliphatic rings. The first kappa shape index (κ1) is 13.3. The van der Waals surface area contributed by atoms with E-state index in [1.165, 1.54) is 16.8 Å². The number of carbonyl (C=O) groups is 1. The third-order valence-electron chi connectivity index (χ3n) is 2.78. The van der Waals surface area contributed by atoms with Crippen molar-refractivity contribution in [2.24, 2.45) is 0 Å². The number of hydrogen-bond acceptors (Lipinski definition) is 4. The van der Waals surface area contributed by atoms with E-state index in [4.69, 9.17) is 5.11 Å². The molecule has 2 aromatic rings. The van der Waals surface area contributed by atoms with Gasteiger partial charge in [-0.05, 0) is 30.2 Å². The molecule has 1 N–H and O–H groups in total. The van der Waals surface area contributed by atoms with Crippen molar-refractivity contribution in [2.45, 2.75) is 12.7 Å². The Labute approximate surface area is 111 Å². The van der Waals surface area contributed by atoms with E-state index in [9.17, 15) is 13.2 Å². The number of carboxylic acids is 1. The highest BCUT2D eigenvalue weighted by Gasteiger charge is 2.16. The minimum Gasteiger partial charge on any atom is -0.478 e. The largest absolute Gasteiger partial charge is 0.478 e. The van der Waals surface area contributed by atoms with E-state index < -0.39 is 16.7 Å². The molecule has 0 atom stereocenters. The van der Waals surface area contributed by atoms with E-state index in [0.717, 1.165) is 0 Å². The van der Waals surface area contributed by atoms with Gasteiger partial charge in [-0.3, -0.25) is 0 Å². The maximum absolute atomic E-state index is 11.1. The van der Waals surface area contributed by atoms with E-state index in [1.807, 2.05) is 0 Å². The molecule has 0 fully saturated rings. The first-order valence-corrected chi connectivity index (χ1v) is 6.84. The number of thiol groups is 1. The van der Waals surface area contributed by atoms with Crippen LogP contribution in [0.4, 0.5) is 0 Å². The van der Waals surface area contributed by atoms with E-state index in [2.05, 4.69) is 5.10 Å². The molecule has 19 heavy (non-hydrogen) atoms. The molecular formula is C12H12N2O4S. The fourth-order valence-corrected chi connectivity index (χ4v) is 2.51. The van der Waals surface area contributed by atoms with Gasteiger partial charge >= 0.3 is 5.97 Å². The molecule has 1 aromatic carbocycles. The smallest absolute Gasteiger partial charge is 0.336 e. The van der Waals surface area contributed by atoms with Gasteiger partial charge in [-0.1, -0.05) is 6.07 Å². The molecule has 0 aliphatic carbocycles. The van der Waals surface area contributed by atoms with E-state index in [-0.39, 0.29) is 11.3 Å².